The van der Waals surface area contributed by atoms with E-state index >= 15 is 0 Å². The summed E-state index contributed by atoms with van der Waals surface area (Å²) in [7, 11) is 0. The van der Waals surface area contributed by atoms with Gasteiger partial charge in [-0.25, -0.2) is 9.67 Å². The highest BCUT2D eigenvalue weighted by atomic mass is 16.5. The molecule has 5 aromatic rings. The van der Waals surface area contributed by atoms with Crippen molar-refractivity contribution in [3.8, 4) is 17.3 Å². The van der Waals surface area contributed by atoms with Crippen molar-refractivity contribution in [1.82, 2.24) is 19.7 Å². The van der Waals surface area contributed by atoms with Crippen molar-refractivity contribution in [1.29, 1.82) is 0 Å². The van der Waals surface area contributed by atoms with Gasteiger partial charge in [0.1, 0.15) is 17.2 Å². The van der Waals surface area contributed by atoms with Crippen LogP contribution in [0.5, 0.6) is 11.5 Å². The molecule has 9 nitrogen and oxygen atoms in total. The van der Waals surface area contributed by atoms with Crippen molar-refractivity contribution in [2.75, 3.05) is 30.0 Å². The molecule has 0 saturated carbocycles. The summed E-state index contributed by atoms with van der Waals surface area (Å²) >= 11 is 0. The van der Waals surface area contributed by atoms with Crippen LogP contribution < -0.4 is 20.5 Å². The lowest BCUT2D eigenvalue weighted by Crippen LogP contribution is -2.42. The van der Waals surface area contributed by atoms with E-state index < -0.39 is 0 Å². The lowest BCUT2D eigenvalue weighted by atomic mass is 9.94. The number of hydrogen-bond acceptors (Lipinski definition) is 7. The number of morpholine rings is 1. The molecular weight excluding hydrogens is 504 g/mol. The summed E-state index contributed by atoms with van der Waals surface area (Å²) in [6.07, 6.45) is 7.89. The number of aromatic amines is 1. The van der Waals surface area contributed by atoms with Crippen LogP contribution in [0.15, 0.2) is 96.3 Å². The van der Waals surface area contributed by atoms with Crippen LogP contribution in [0.2, 0.25) is 0 Å². The van der Waals surface area contributed by atoms with Gasteiger partial charge < -0.3 is 24.7 Å². The fraction of sp³-hybridized carbons (Fsp3) is 0.194. The molecule has 1 saturated heterocycles. The molecule has 0 radical (unpaired) electrons. The summed E-state index contributed by atoms with van der Waals surface area (Å²) < 4.78 is 14.1. The molecule has 2 aliphatic rings. The van der Waals surface area contributed by atoms with E-state index in [1.165, 1.54) is 0 Å². The van der Waals surface area contributed by atoms with E-state index in [4.69, 9.17) is 9.47 Å². The number of nitrogens with one attached hydrogen (secondary N) is 2. The monoisotopic (exact) mass is 532 g/mol. The molecule has 2 aliphatic heterocycles. The van der Waals surface area contributed by atoms with E-state index in [1.54, 1.807) is 17.1 Å². The molecular formula is C31H28N6O3. The largest absolute Gasteiger partial charge is 0.456 e. The van der Waals surface area contributed by atoms with Gasteiger partial charge >= 0.3 is 0 Å². The van der Waals surface area contributed by atoms with Crippen molar-refractivity contribution < 1.29 is 9.47 Å². The van der Waals surface area contributed by atoms with Crippen LogP contribution in [0.4, 0.5) is 11.4 Å². The Kier molecular flexibility index (Phi) is 6.25. The first-order valence-electron chi connectivity index (χ1n) is 13.4. The van der Waals surface area contributed by atoms with Gasteiger partial charge in [-0.3, -0.25) is 4.79 Å². The molecule has 200 valence electrons. The molecule has 5 heterocycles. The Bertz CT molecular complexity index is 1700. The molecule has 1 atom stereocenters. The zero-order valence-electron chi connectivity index (χ0n) is 21.8. The van der Waals surface area contributed by atoms with Gasteiger partial charge in [-0.05, 0) is 53.6 Å². The van der Waals surface area contributed by atoms with Crippen LogP contribution >= 0.6 is 0 Å². The van der Waals surface area contributed by atoms with Gasteiger partial charge in [0.2, 0.25) is 0 Å². The lowest BCUT2D eigenvalue weighted by Gasteiger charge is -2.38. The minimum absolute atomic E-state index is 0.102. The molecule has 2 N–H and O–H groups in total. The number of ether oxygens (including phenoxy) is 2. The second-order valence-electron chi connectivity index (χ2n) is 9.93. The topological polar surface area (TPSA) is 97.3 Å². The van der Waals surface area contributed by atoms with Crippen molar-refractivity contribution in [3.05, 3.63) is 124 Å². The third-order valence-electron chi connectivity index (χ3n) is 7.42. The Morgan fingerprint density at radius 2 is 2.02 bits per heavy atom. The molecule has 7 rings (SSSR count). The molecule has 9 heteroatoms. The maximum Gasteiger partial charge on any atom is 0.271 e. The Hall–Kier alpha value is -4.89. The van der Waals surface area contributed by atoms with Gasteiger partial charge in [-0.2, -0.15) is 5.10 Å². The van der Waals surface area contributed by atoms with Gasteiger partial charge in [-0.15, -0.1) is 0 Å². The fourth-order valence-corrected chi connectivity index (χ4v) is 5.43. The minimum atomic E-state index is -0.122. The second-order valence-corrected chi connectivity index (χ2v) is 9.93. The van der Waals surface area contributed by atoms with Crippen LogP contribution in [0.1, 0.15) is 28.3 Å². The number of nitrogens with zero attached hydrogens (tertiary/aromatic N) is 4. The van der Waals surface area contributed by atoms with Gasteiger partial charge in [0, 0.05) is 61.1 Å². The smallest absolute Gasteiger partial charge is 0.271 e. The zero-order chi connectivity index (χ0) is 26.9. The van der Waals surface area contributed by atoms with Crippen LogP contribution in [0, 0.1) is 0 Å². The first-order chi connectivity index (χ1) is 19.7. The van der Waals surface area contributed by atoms with Crippen molar-refractivity contribution in [2.45, 2.75) is 19.0 Å². The number of para-hydroxylation sites is 1. The summed E-state index contributed by atoms with van der Waals surface area (Å²) in [6.45, 7) is 2.35. The third-order valence-corrected chi connectivity index (χ3v) is 7.42. The number of pyridine rings is 2. The van der Waals surface area contributed by atoms with Crippen molar-refractivity contribution >= 4 is 11.4 Å². The van der Waals surface area contributed by atoms with Gasteiger partial charge in [0.15, 0.2) is 5.82 Å². The predicted octanol–water partition coefficient (Wildman–Crippen LogP) is 4.84. The number of anilines is 2. The van der Waals surface area contributed by atoms with Crippen LogP contribution in [0.25, 0.3) is 5.82 Å². The number of rotatable bonds is 6. The third kappa shape index (κ3) is 4.60. The SMILES string of the molecule is O=c1[nH]cccc1N1CCOCC1c1cccc2c1Oc1ccc(NCc3ccc(-n4cccn4)nc3)cc1C2. The van der Waals surface area contributed by atoms with E-state index in [2.05, 4.69) is 55.6 Å². The van der Waals surface area contributed by atoms with Gasteiger partial charge in [0.05, 0.1) is 19.3 Å². The highest BCUT2D eigenvalue weighted by molar-refractivity contribution is 5.60. The van der Waals surface area contributed by atoms with E-state index in [0.717, 1.165) is 51.7 Å². The molecule has 1 unspecified atom stereocenters. The number of benzene rings is 2. The quantitative estimate of drug-likeness (QED) is 0.317. The molecule has 0 amide bonds. The van der Waals surface area contributed by atoms with Crippen molar-refractivity contribution in [3.63, 3.8) is 0 Å². The normalized spacial score (nSPS) is 16.1. The van der Waals surface area contributed by atoms with Crippen LogP contribution in [0.3, 0.4) is 0 Å². The summed E-state index contributed by atoms with van der Waals surface area (Å²) in [5, 5.41) is 7.73. The second kappa shape index (κ2) is 10.3. The standard InChI is InChI=1S/C31H28N6O3/c38-31-26(6-2-11-32-31)36-14-15-39-20-27(36)25-5-1-4-22-16-23-17-24(8-9-28(23)40-30(22)25)33-18-21-7-10-29(34-19-21)37-13-3-12-35-37/h1-13,17,19,27,33H,14-16,18,20H2,(H,32,38). The summed E-state index contributed by atoms with van der Waals surface area (Å²) in [4.78, 5) is 22.0. The highest BCUT2D eigenvalue weighted by Crippen LogP contribution is 2.43. The predicted molar refractivity (Wildman–Crippen MR) is 152 cm³/mol. The average Bonchev–Trinajstić information content (AvgIpc) is 3.54. The van der Waals surface area contributed by atoms with Gasteiger partial charge in [-0.1, -0.05) is 24.3 Å². The number of H-pyrrole nitrogens is 1. The molecule has 2 aromatic carbocycles. The number of fused-ring (bicyclic) bond motifs is 2. The number of aromatic nitrogens is 4. The average molecular weight is 533 g/mol. The first-order valence-corrected chi connectivity index (χ1v) is 13.4. The van der Waals surface area contributed by atoms with E-state index in [-0.39, 0.29) is 11.6 Å². The van der Waals surface area contributed by atoms with Crippen molar-refractivity contribution in [2.24, 2.45) is 0 Å². The Labute approximate surface area is 231 Å². The van der Waals surface area contributed by atoms with E-state index in [0.29, 0.717) is 32.0 Å². The summed E-state index contributed by atoms with van der Waals surface area (Å²) in [6, 6.07) is 21.9. The summed E-state index contributed by atoms with van der Waals surface area (Å²) in [5.74, 6) is 2.49. The molecule has 0 aliphatic carbocycles. The molecule has 1 fully saturated rings. The first kappa shape index (κ1) is 24.2. The molecule has 40 heavy (non-hydrogen) atoms. The number of hydrogen-bond donors (Lipinski definition) is 2. The Morgan fingerprint density at radius 3 is 2.88 bits per heavy atom. The Balaban J connectivity index is 1.09. The minimum Gasteiger partial charge on any atom is -0.456 e. The molecule has 3 aromatic heterocycles. The molecule has 0 bridgehead atoms. The van der Waals surface area contributed by atoms with E-state index in [1.807, 2.05) is 48.8 Å². The maximum absolute atomic E-state index is 12.6. The lowest BCUT2D eigenvalue weighted by molar-refractivity contribution is 0.0933. The van der Waals surface area contributed by atoms with Crippen LogP contribution in [-0.2, 0) is 17.7 Å². The maximum atomic E-state index is 12.6. The van der Waals surface area contributed by atoms with Crippen LogP contribution in [-0.4, -0.2) is 39.5 Å². The highest BCUT2D eigenvalue weighted by Gasteiger charge is 2.31. The molecule has 0 spiro atoms. The summed E-state index contributed by atoms with van der Waals surface area (Å²) in [5.41, 5.74) is 5.91. The van der Waals surface area contributed by atoms with E-state index in [9.17, 15) is 4.79 Å². The fourth-order valence-electron chi connectivity index (χ4n) is 5.43. The van der Waals surface area contributed by atoms with Gasteiger partial charge in [0.25, 0.3) is 5.56 Å². The zero-order valence-corrected chi connectivity index (χ0v) is 21.8. The Morgan fingerprint density at radius 1 is 1.05 bits per heavy atom.